The number of piperidine rings is 1. The molecule has 1 aromatic heterocycles. The molecular formula is C21H27N5O5. The Morgan fingerprint density at radius 2 is 2.16 bits per heavy atom. The molecule has 0 spiro atoms. The predicted molar refractivity (Wildman–Crippen MR) is 115 cm³/mol. The highest BCUT2D eigenvalue weighted by atomic mass is 16.6. The Kier molecular flexibility index (Phi) is 7.74. The van der Waals surface area contributed by atoms with Crippen LogP contribution in [0.15, 0.2) is 53.7 Å². The van der Waals surface area contributed by atoms with E-state index in [2.05, 4.69) is 20.5 Å². The highest BCUT2D eigenvalue weighted by molar-refractivity contribution is 5.91. The van der Waals surface area contributed by atoms with Crippen LogP contribution in [-0.4, -0.2) is 60.6 Å². The average molecular weight is 429 g/mol. The molecule has 0 atom stereocenters. The smallest absolute Gasteiger partial charge is 0.292 e. The number of amides is 1. The minimum atomic E-state index is -0.449. The number of carbonyl (C=O) groups excluding carboxylic acids is 1. The topological polar surface area (TPSA) is 119 Å². The van der Waals surface area contributed by atoms with Gasteiger partial charge in [-0.05, 0) is 25.0 Å². The maximum Gasteiger partial charge on any atom is 0.292 e. The molecular weight excluding hydrogens is 402 g/mol. The molecule has 10 nitrogen and oxygen atoms in total. The summed E-state index contributed by atoms with van der Waals surface area (Å²) in [6.45, 7) is 1.90. The van der Waals surface area contributed by atoms with Gasteiger partial charge in [0.25, 0.3) is 5.70 Å². The van der Waals surface area contributed by atoms with Crippen molar-refractivity contribution in [1.29, 1.82) is 0 Å². The zero-order valence-electron chi connectivity index (χ0n) is 17.7. The molecule has 0 unspecified atom stereocenters. The van der Waals surface area contributed by atoms with E-state index in [9.17, 15) is 14.9 Å². The third-order valence-corrected chi connectivity index (χ3v) is 5.16. The molecule has 2 heterocycles. The van der Waals surface area contributed by atoms with Crippen molar-refractivity contribution in [2.24, 2.45) is 0 Å². The first kappa shape index (κ1) is 22.4. The quantitative estimate of drug-likeness (QED) is 0.476. The third kappa shape index (κ3) is 6.37. The van der Waals surface area contributed by atoms with E-state index < -0.39 is 4.92 Å². The number of anilines is 1. The molecule has 1 aliphatic heterocycles. The van der Waals surface area contributed by atoms with Gasteiger partial charge in [-0.3, -0.25) is 19.8 Å². The summed E-state index contributed by atoms with van der Waals surface area (Å²) in [5.41, 5.74) is 0.444. The fourth-order valence-corrected chi connectivity index (χ4v) is 3.49. The lowest BCUT2D eigenvalue weighted by molar-refractivity contribution is -0.420. The van der Waals surface area contributed by atoms with Gasteiger partial charge in [-0.2, -0.15) is 0 Å². The lowest BCUT2D eigenvalue weighted by atomic mass is 10.1. The van der Waals surface area contributed by atoms with E-state index in [1.165, 1.54) is 12.3 Å². The Hall–Kier alpha value is -3.24. The van der Waals surface area contributed by atoms with Gasteiger partial charge in [-0.25, -0.2) is 4.98 Å². The zero-order valence-corrected chi connectivity index (χ0v) is 17.7. The van der Waals surface area contributed by atoms with Crippen LogP contribution < -0.4 is 15.4 Å². The van der Waals surface area contributed by atoms with Crippen LogP contribution >= 0.6 is 0 Å². The standard InChI is InChI=1S/C21H27N5O5/c1-22-18-5-3-4-16(12-19(18)26(28)29)31-17-6-9-23-20(13-17)24-21(27)14-25-10-7-15(30-2)8-11-25/h3-4,6,9,12-13,15,22H,5,7-8,10-11,14H2,1-2H3,(H,23,24,27). The molecule has 166 valence electrons. The fourth-order valence-electron chi connectivity index (χ4n) is 3.49. The fraction of sp³-hybridized carbons (Fsp3) is 0.429. The van der Waals surface area contributed by atoms with Crippen LogP contribution in [0.5, 0.6) is 5.75 Å². The number of carbonyl (C=O) groups is 1. The van der Waals surface area contributed by atoms with E-state index in [-0.39, 0.29) is 24.3 Å². The molecule has 1 aromatic rings. The minimum absolute atomic E-state index is 0.0534. The van der Waals surface area contributed by atoms with Crippen molar-refractivity contribution in [2.45, 2.75) is 25.4 Å². The van der Waals surface area contributed by atoms with E-state index in [0.29, 0.717) is 29.4 Å². The summed E-state index contributed by atoms with van der Waals surface area (Å²) in [6.07, 6.45) is 8.82. The highest BCUT2D eigenvalue weighted by Gasteiger charge is 2.21. The molecule has 1 amide bonds. The number of methoxy groups -OCH3 is 1. The Morgan fingerprint density at radius 1 is 1.39 bits per heavy atom. The molecule has 10 heteroatoms. The summed E-state index contributed by atoms with van der Waals surface area (Å²) in [7, 11) is 3.35. The predicted octanol–water partition coefficient (Wildman–Crippen LogP) is 2.06. The first-order chi connectivity index (χ1) is 15.0. The Morgan fingerprint density at radius 3 is 2.84 bits per heavy atom. The first-order valence-electron chi connectivity index (χ1n) is 10.1. The van der Waals surface area contributed by atoms with Crippen LogP contribution in [0.1, 0.15) is 19.3 Å². The van der Waals surface area contributed by atoms with Crippen LogP contribution in [0.3, 0.4) is 0 Å². The Labute approximate surface area is 180 Å². The average Bonchev–Trinajstić information content (AvgIpc) is 2.96. The van der Waals surface area contributed by atoms with Gasteiger partial charge in [0.15, 0.2) is 0 Å². The molecule has 2 aliphatic rings. The van der Waals surface area contributed by atoms with E-state index in [1.807, 2.05) is 0 Å². The number of nitro groups is 1. The number of hydrogen-bond donors (Lipinski definition) is 2. The largest absolute Gasteiger partial charge is 0.457 e. The third-order valence-electron chi connectivity index (χ3n) is 5.16. The summed E-state index contributed by atoms with van der Waals surface area (Å²) in [6, 6.07) is 3.21. The van der Waals surface area contributed by atoms with Crippen LogP contribution in [0.25, 0.3) is 0 Å². The van der Waals surface area contributed by atoms with Gasteiger partial charge in [0.2, 0.25) is 5.91 Å². The molecule has 0 saturated carbocycles. The van der Waals surface area contributed by atoms with Crippen molar-refractivity contribution < 1.29 is 19.2 Å². The molecule has 1 saturated heterocycles. The second-order valence-electron chi connectivity index (χ2n) is 7.26. The number of nitrogens with one attached hydrogen (secondary N) is 2. The van der Waals surface area contributed by atoms with Crippen molar-refractivity contribution in [3.63, 3.8) is 0 Å². The Bertz CT molecular complexity index is 903. The highest BCUT2D eigenvalue weighted by Crippen LogP contribution is 2.22. The number of rotatable bonds is 8. The molecule has 1 fully saturated rings. The van der Waals surface area contributed by atoms with E-state index in [0.717, 1.165) is 25.9 Å². The summed E-state index contributed by atoms with van der Waals surface area (Å²) in [5, 5.41) is 17.0. The van der Waals surface area contributed by atoms with Gasteiger partial charge in [0.05, 0.1) is 29.3 Å². The first-order valence-corrected chi connectivity index (χ1v) is 10.1. The lowest BCUT2D eigenvalue weighted by Gasteiger charge is -2.30. The molecule has 31 heavy (non-hydrogen) atoms. The summed E-state index contributed by atoms with van der Waals surface area (Å²) in [4.78, 5) is 29.5. The molecule has 2 N–H and O–H groups in total. The molecule has 0 radical (unpaired) electrons. The van der Waals surface area contributed by atoms with Gasteiger partial charge < -0.3 is 20.1 Å². The van der Waals surface area contributed by atoms with E-state index in [4.69, 9.17) is 9.47 Å². The van der Waals surface area contributed by atoms with Crippen LogP contribution in [0, 0.1) is 10.1 Å². The molecule has 0 bridgehead atoms. The second kappa shape index (κ2) is 10.7. The SMILES string of the molecule is CNC1=C([N+](=O)[O-])C=C(Oc2ccnc(NC(=O)CN3CCC(OC)CC3)c2)C=CC1. The van der Waals surface area contributed by atoms with Crippen molar-refractivity contribution in [3.8, 4) is 5.75 Å². The maximum atomic E-state index is 12.4. The zero-order chi connectivity index (χ0) is 22.2. The van der Waals surface area contributed by atoms with Crippen molar-refractivity contribution >= 4 is 11.7 Å². The number of hydrogen-bond acceptors (Lipinski definition) is 8. The van der Waals surface area contributed by atoms with E-state index in [1.54, 1.807) is 38.4 Å². The number of pyridine rings is 1. The van der Waals surface area contributed by atoms with Crippen molar-refractivity contribution in [3.05, 3.63) is 63.8 Å². The molecule has 0 aromatic carbocycles. The van der Waals surface area contributed by atoms with Crippen molar-refractivity contribution in [2.75, 3.05) is 39.1 Å². The molecule has 1 aliphatic carbocycles. The number of ether oxygens (including phenoxy) is 2. The second-order valence-corrected chi connectivity index (χ2v) is 7.26. The van der Waals surface area contributed by atoms with Crippen molar-refractivity contribution in [1.82, 2.24) is 15.2 Å². The van der Waals surface area contributed by atoms with Crippen LogP contribution in [0.4, 0.5) is 5.82 Å². The normalized spacial score (nSPS) is 17.7. The summed E-state index contributed by atoms with van der Waals surface area (Å²) in [5.74, 6) is 0.930. The van der Waals surface area contributed by atoms with Gasteiger partial charge in [-0.15, -0.1) is 0 Å². The van der Waals surface area contributed by atoms with Crippen LogP contribution in [-0.2, 0) is 9.53 Å². The number of likely N-dealkylation sites (tertiary alicyclic amines) is 1. The lowest BCUT2D eigenvalue weighted by Crippen LogP contribution is -2.41. The number of allylic oxidation sites excluding steroid dienone is 3. The number of nitrogens with zero attached hydrogens (tertiary/aromatic N) is 3. The molecule has 3 rings (SSSR count). The number of aromatic nitrogens is 1. The van der Waals surface area contributed by atoms with Gasteiger partial charge >= 0.3 is 0 Å². The Balaban J connectivity index is 1.62. The van der Waals surface area contributed by atoms with Gasteiger partial charge in [0, 0.05) is 45.9 Å². The summed E-state index contributed by atoms with van der Waals surface area (Å²) < 4.78 is 11.1. The maximum absolute atomic E-state index is 12.4. The van der Waals surface area contributed by atoms with Crippen LogP contribution in [0.2, 0.25) is 0 Å². The monoisotopic (exact) mass is 429 g/mol. The summed E-state index contributed by atoms with van der Waals surface area (Å²) >= 11 is 0. The minimum Gasteiger partial charge on any atom is -0.457 e. The van der Waals surface area contributed by atoms with E-state index >= 15 is 0 Å². The van der Waals surface area contributed by atoms with Gasteiger partial charge in [-0.1, -0.05) is 6.08 Å². The van der Waals surface area contributed by atoms with Gasteiger partial charge in [0.1, 0.15) is 17.3 Å².